The van der Waals surface area contributed by atoms with Gasteiger partial charge < -0.3 is 24.4 Å². The molecule has 0 bridgehead atoms. The first-order chi connectivity index (χ1) is 16.4. The Kier molecular flexibility index (Phi) is 5.91. The van der Waals surface area contributed by atoms with E-state index in [9.17, 15) is 4.39 Å². The van der Waals surface area contributed by atoms with Crippen LogP contribution < -0.4 is 15.0 Å². The maximum absolute atomic E-state index is 15.2. The zero-order valence-electron chi connectivity index (χ0n) is 19.4. The van der Waals surface area contributed by atoms with Crippen molar-refractivity contribution in [2.24, 2.45) is 0 Å². The third-order valence-electron chi connectivity index (χ3n) is 6.06. The van der Waals surface area contributed by atoms with E-state index in [2.05, 4.69) is 37.3 Å². The summed E-state index contributed by atoms with van der Waals surface area (Å²) in [5, 5.41) is 7.05. The number of halogens is 2. The molecule has 178 valence electrons. The lowest BCUT2D eigenvalue weighted by Crippen LogP contribution is -2.44. The molecule has 0 saturated carbocycles. The lowest BCUT2D eigenvalue weighted by Gasteiger charge is -2.33. The predicted octanol–water partition coefficient (Wildman–Crippen LogP) is 4.55. The van der Waals surface area contributed by atoms with Crippen LogP contribution in [0.3, 0.4) is 0 Å². The number of nitrogens with one attached hydrogen (secondary N) is 1. The van der Waals surface area contributed by atoms with Crippen LogP contribution in [0.5, 0.6) is 11.8 Å². The molecule has 0 amide bonds. The van der Waals surface area contributed by atoms with Crippen molar-refractivity contribution in [3.63, 3.8) is 0 Å². The largest absolute Gasteiger partial charge is 0.421 e. The van der Waals surface area contributed by atoms with Gasteiger partial charge in [0.15, 0.2) is 11.6 Å². The van der Waals surface area contributed by atoms with Crippen LogP contribution >= 0.6 is 0 Å². The highest BCUT2D eigenvalue weighted by atomic mass is 19.1. The van der Waals surface area contributed by atoms with E-state index in [-0.39, 0.29) is 17.3 Å². The van der Waals surface area contributed by atoms with Gasteiger partial charge in [-0.15, -0.1) is 0 Å². The van der Waals surface area contributed by atoms with Gasteiger partial charge in [-0.2, -0.15) is 9.97 Å². The monoisotopic (exact) mass is 468 g/mol. The highest BCUT2D eigenvalue weighted by Gasteiger charge is 2.24. The van der Waals surface area contributed by atoms with Crippen molar-refractivity contribution in [1.82, 2.24) is 20.0 Å². The molecule has 0 atom stereocenters. The summed E-state index contributed by atoms with van der Waals surface area (Å²) in [6.45, 7) is 7.10. The molecule has 1 saturated heterocycles. The molecule has 3 heterocycles. The molecule has 2 aromatic heterocycles. The third kappa shape index (κ3) is 4.45. The van der Waals surface area contributed by atoms with E-state index < -0.39 is 11.6 Å². The van der Waals surface area contributed by atoms with Gasteiger partial charge in [0, 0.05) is 55.5 Å². The molecule has 1 fully saturated rings. The van der Waals surface area contributed by atoms with Crippen LogP contribution in [0.1, 0.15) is 30.7 Å². The molecule has 1 aliphatic heterocycles. The Morgan fingerprint density at radius 3 is 2.65 bits per heavy atom. The van der Waals surface area contributed by atoms with Crippen molar-refractivity contribution in [2.45, 2.75) is 26.7 Å². The average Bonchev–Trinajstić information content (AvgIpc) is 3.44. The number of aryl methyl sites for hydroxylation is 1. The van der Waals surface area contributed by atoms with E-state index in [1.165, 1.54) is 0 Å². The fourth-order valence-electron chi connectivity index (χ4n) is 4.12. The molecule has 1 N–H and O–H groups in total. The van der Waals surface area contributed by atoms with Gasteiger partial charge in [0.1, 0.15) is 17.5 Å². The normalized spacial score (nSPS) is 15.9. The number of hydrogen-bond acceptors (Lipinski definition) is 8. The summed E-state index contributed by atoms with van der Waals surface area (Å²) in [7, 11) is 2.06. The average molecular weight is 469 g/mol. The van der Waals surface area contributed by atoms with Crippen LogP contribution in [-0.4, -0.2) is 53.3 Å². The summed E-state index contributed by atoms with van der Waals surface area (Å²) >= 11 is 0. The summed E-state index contributed by atoms with van der Waals surface area (Å²) < 4.78 is 40.8. The minimum atomic E-state index is -0.626. The number of rotatable bonds is 6. The van der Waals surface area contributed by atoms with Crippen molar-refractivity contribution in [3.05, 3.63) is 52.2 Å². The van der Waals surface area contributed by atoms with Gasteiger partial charge in [0.25, 0.3) is 0 Å². The van der Waals surface area contributed by atoms with E-state index in [1.54, 1.807) is 18.2 Å². The van der Waals surface area contributed by atoms with Crippen LogP contribution in [0.15, 0.2) is 28.3 Å². The molecule has 0 unspecified atom stereocenters. The molecular formula is C24H26F2N6O2. The molecule has 0 radical (unpaired) electrons. The van der Waals surface area contributed by atoms with E-state index in [0.29, 0.717) is 29.5 Å². The quantitative estimate of drug-likeness (QED) is 0.564. The van der Waals surface area contributed by atoms with Crippen molar-refractivity contribution < 1.29 is 18.0 Å². The number of ether oxygens (including phenoxy) is 1. The fourth-order valence-corrected chi connectivity index (χ4v) is 4.12. The maximum atomic E-state index is 15.2. The van der Waals surface area contributed by atoms with Crippen LogP contribution in [0.25, 0.3) is 6.08 Å². The molecule has 10 heteroatoms. The van der Waals surface area contributed by atoms with E-state index in [4.69, 9.17) is 9.26 Å². The summed E-state index contributed by atoms with van der Waals surface area (Å²) in [5.41, 5.74) is 2.25. The third-order valence-corrected chi connectivity index (χ3v) is 6.06. The minimum Gasteiger partial charge on any atom is -0.421 e. The number of likely N-dealkylation sites (N-methyl/N-ethyl adjacent to an activating group) is 1. The second-order valence-corrected chi connectivity index (χ2v) is 8.68. The molecule has 5 rings (SSSR count). The molecule has 0 spiro atoms. The van der Waals surface area contributed by atoms with Crippen molar-refractivity contribution in [2.75, 3.05) is 43.4 Å². The molecular weight excluding hydrogens is 442 g/mol. The molecule has 3 aromatic rings. The fraction of sp³-hybridized carbons (Fsp3) is 0.375. The summed E-state index contributed by atoms with van der Waals surface area (Å²) in [5.74, 6) is 0.0444. The molecule has 1 aliphatic carbocycles. The van der Waals surface area contributed by atoms with Gasteiger partial charge in [-0.05, 0) is 26.8 Å². The molecule has 34 heavy (non-hydrogen) atoms. The first-order valence-electron chi connectivity index (χ1n) is 11.3. The van der Waals surface area contributed by atoms with Gasteiger partial charge in [-0.25, -0.2) is 8.78 Å². The van der Waals surface area contributed by atoms with Gasteiger partial charge >= 0.3 is 6.01 Å². The van der Waals surface area contributed by atoms with E-state index >= 15 is 4.39 Å². The van der Waals surface area contributed by atoms with Crippen LogP contribution in [0, 0.1) is 11.6 Å². The highest BCUT2D eigenvalue weighted by Crippen LogP contribution is 2.36. The highest BCUT2D eigenvalue weighted by molar-refractivity contribution is 5.66. The summed E-state index contributed by atoms with van der Waals surface area (Å²) in [4.78, 5) is 13.2. The van der Waals surface area contributed by atoms with Crippen LogP contribution in [0.4, 0.5) is 26.3 Å². The standard InChI is InChI=1S/C24H26F2N6O2/c1-4-15-11-22(34-30-15)27-20-13-21(32-7-5-31(3)6-8-32)29-24(28-20)33-19-12-18(25)16-9-14(2)10-17(16)23(19)26/h10-13H,4-9H2,1-3H3,(H,27,28,29). The Labute approximate surface area is 196 Å². The molecule has 2 aliphatic rings. The first-order valence-corrected chi connectivity index (χ1v) is 11.3. The van der Waals surface area contributed by atoms with Crippen LogP contribution in [-0.2, 0) is 12.8 Å². The Morgan fingerprint density at radius 1 is 1.12 bits per heavy atom. The topological polar surface area (TPSA) is 79.5 Å². The van der Waals surface area contributed by atoms with Gasteiger partial charge in [0.05, 0.1) is 5.69 Å². The van der Waals surface area contributed by atoms with E-state index in [0.717, 1.165) is 49.9 Å². The molecule has 8 nitrogen and oxygen atoms in total. The number of piperazine rings is 1. The lowest BCUT2D eigenvalue weighted by molar-refractivity contribution is 0.311. The SMILES string of the molecule is CCc1cc(Nc2cc(N3CCN(C)CC3)nc(Oc3cc(F)c4c(c3F)C=C(C)C4)n2)on1. The second-order valence-electron chi connectivity index (χ2n) is 8.68. The number of anilines is 3. The number of nitrogens with zero attached hydrogens (tertiary/aromatic N) is 5. The maximum Gasteiger partial charge on any atom is 0.326 e. The van der Waals surface area contributed by atoms with Gasteiger partial charge in [-0.1, -0.05) is 23.7 Å². The Hall–Kier alpha value is -3.53. The Bertz CT molecular complexity index is 1250. The second kappa shape index (κ2) is 9.02. The van der Waals surface area contributed by atoms with Crippen molar-refractivity contribution >= 4 is 23.6 Å². The number of hydrogen-bond donors (Lipinski definition) is 1. The Balaban J connectivity index is 1.49. The van der Waals surface area contributed by atoms with Crippen molar-refractivity contribution in [3.8, 4) is 11.8 Å². The van der Waals surface area contributed by atoms with E-state index in [1.807, 2.05) is 13.8 Å². The lowest BCUT2D eigenvalue weighted by atomic mass is 10.1. The molecule has 1 aromatic carbocycles. The predicted molar refractivity (Wildman–Crippen MR) is 125 cm³/mol. The number of fused-ring (bicyclic) bond motifs is 1. The smallest absolute Gasteiger partial charge is 0.326 e. The Morgan fingerprint density at radius 2 is 1.91 bits per heavy atom. The number of allylic oxidation sites excluding steroid dienone is 1. The van der Waals surface area contributed by atoms with Crippen LogP contribution in [0.2, 0.25) is 0 Å². The first kappa shape index (κ1) is 22.3. The van der Waals surface area contributed by atoms with Gasteiger partial charge in [-0.3, -0.25) is 0 Å². The zero-order chi connectivity index (χ0) is 23.8. The summed E-state index contributed by atoms with van der Waals surface area (Å²) in [6.07, 6.45) is 2.76. The van der Waals surface area contributed by atoms with Gasteiger partial charge in [0.2, 0.25) is 5.88 Å². The zero-order valence-corrected chi connectivity index (χ0v) is 19.4. The van der Waals surface area contributed by atoms with Crippen molar-refractivity contribution in [1.29, 1.82) is 0 Å². The minimum absolute atomic E-state index is 0.0916. The summed E-state index contributed by atoms with van der Waals surface area (Å²) in [6, 6.07) is 4.52. The number of benzene rings is 1. The number of aromatic nitrogens is 3.